The Hall–Kier alpha value is -2.66. The van der Waals surface area contributed by atoms with Gasteiger partial charge in [0.2, 0.25) is 0 Å². The van der Waals surface area contributed by atoms with Crippen LogP contribution in [0.15, 0.2) is 42.5 Å². The van der Waals surface area contributed by atoms with Gasteiger partial charge in [-0.05, 0) is 30.7 Å². The van der Waals surface area contributed by atoms with Gasteiger partial charge >= 0.3 is 0 Å². The summed E-state index contributed by atoms with van der Waals surface area (Å²) in [5.74, 6) is 0.103. The molecule has 1 aliphatic rings. The van der Waals surface area contributed by atoms with Gasteiger partial charge in [-0.1, -0.05) is 29.8 Å². The van der Waals surface area contributed by atoms with Crippen LogP contribution in [0, 0.1) is 6.92 Å². The van der Waals surface area contributed by atoms with Crippen molar-refractivity contribution in [2.45, 2.75) is 13.3 Å². The van der Waals surface area contributed by atoms with Crippen LogP contribution in [-0.4, -0.2) is 47.2 Å². The lowest BCUT2D eigenvalue weighted by atomic mass is 10.0. The van der Waals surface area contributed by atoms with E-state index in [9.17, 15) is 4.79 Å². The highest BCUT2D eigenvalue weighted by molar-refractivity contribution is 5.98. The standard InChI is InChI=1S/C20H22N4O/c1-14-3-2-4-15(11-14)12-19-17-13-16(5-6-18(17)22-23-19)20(25)24-9-7-21-8-10-24/h2-6,11,13,21H,7-10,12H2,1H3,(H,22,23). The summed E-state index contributed by atoms with van der Waals surface area (Å²) >= 11 is 0. The van der Waals surface area contributed by atoms with Crippen LogP contribution in [-0.2, 0) is 6.42 Å². The van der Waals surface area contributed by atoms with Gasteiger partial charge in [0.05, 0.1) is 5.52 Å². The topological polar surface area (TPSA) is 61.0 Å². The maximum absolute atomic E-state index is 12.7. The van der Waals surface area contributed by atoms with Crippen LogP contribution < -0.4 is 5.32 Å². The van der Waals surface area contributed by atoms with Gasteiger partial charge in [-0.2, -0.15) is 5.10 Å². The Morgan fingerprint density at radius 3 is 2.80 bits per heavy atom. The molecule has 0 radical (unpaired) electrons. The van der Waals surface area contributed by atoms with Crippen molar-refractivity contribution in [2.24, 2.45) is 0 Å². The normalized spacial score (nSPS) is 14.8. The molecule has 128 valence electrons. The minimum absolute atomic E-state index is 0.103. The lowest BCUT2D eigenvalue weighted by Crippen LogP contribution is -2.46. The summed E-state index contributed by atoms with van der Waals surface area (Å²) in [4.78, 5) is 14.7. The van der Waals surface area contributed by atoms with Crippen molar-refractivity contribution >= 4 is 16.8 Å². The van der Waals surface area contributed by atoms with E-state index < -0.39 is 0 Å². The summed E-state index contributed by atoms with van der Waals surface area (Å²) in [6.07, 6.45) is 0.781. The highest BCUT2D eigenvalue weighted by Gasteiger charge is 2.19. The average molecular weight is 334 g/mol. The summed E-state index contributed by atoms with van der Waals surface area (Å²) in [5.41, 5.74) is 5.18. The molecule has 1 aromatic heterocycles. The number of piperazine rings is 1. The minimum Gasteiger partial charge on any atom is -0.336 e. The fourth-order valence-corrected chi connectivity index (χ4v) is 3.41. The molecule has 0 bridgehead atoms. The molecule has 1 fully saturated rings. The van der Waals surface area contributed by atoms with Crippen molar-refractivity contribution < 1.29 is 4.79 Å². The molecule has 25 heavy (non-hydrogen) atoms. The van der Waals surface area contributed by atoms with Crippen molar-refractivity contribution in [2.75, 3.05) is 26.2 Å². The fourth-order valence-electron chi connectivity index (χ4n) is 3.41. The highest BCUT2D eigenvalue weighted by Crippen LogP contribution is 2.21. The van der Waals surface area contributed by atoms with Crippen LogP contribution in [0.5, 0.6) is 0 Å². The molecule has 2 aromatic carbocycles. The molecule has 1 saturated heterocycles. The van der Waals surface area contributed by atoms with Gasteiger partial charge in [0.1, 0.15) is 0 Å². The molecule has 2 heterocycles. The van der Waals surface area contributed by atoms with Crippen LogP contribution in [0.2, 0.25) is 0 Å². The molecule has 1 aliphatic heterocycles. The first kappa shape index (κ1) is 15.8. The number of fused-ring (bicyclic) bond motifs is 1. The Morgan fingerprint density at radius 2 is 2.00 bits per heavy atom. The van der Waals surface area contributed by atoms with E-state index in [0.717, 1.165) is 54.8 Å². The zero-order chi connectivity index (χ0) is 17.2. The number of hydrogen-bond acceptors (Lipinski definition) is 3. The molecule has 4 rings (SSSR count). The smallest absolute Gasteiger partial charge is 0.253 e. The van der Waals surface area contributed by atoms with Crippen LogP contribution in [0.25, 0.3) is 10.9 Å². The van der Waals surface area contributed by atoms with E-state index in [2.05, 4.69) is 46.7 Å². The van der Waals surface area contributed by atoms with Crippen LogP contribution in [0.1, 0.15) is 27.2 Å². The van der Waals surface area contributed by atoms with Crippen molar-refractivity contribution in [1.82, 2.24) is 20.4 Å². The average Bonchev–Trinajstić information content (AvgIpc) is 3.04. The van der Waals surface area contributed by atoms with Gasteiger partial charge in [0, 0.05) is 49.2 Å². The Bertz CT molecular complexity index is 909. The zero-order valence-electron chi connectivity index (χ0n) is 14.4. The van der Waals surface area contributed by atoms with Crippen molar-refractivity contribution in [3.05, 3.63) is 64.8 Å². The summed E-state index contributed by atoms with van der Waals surface area (Å²) in [7, 11) is 0. The minimum atomic E-state index is 0.103. The number of carbonyl (C=O) groups excluding carboxylic acids is 1. The number of benzene rings is 2. The third kappa shape index (κ3) is 3.28. The molecular formula is C20H22N4O. The van der Waals surface area contributed by atoms with Gasteiger partial charge in [-0.15, -0.1) is 0 Å². The van der Waals surface area contributed by atoms with Crippen LogP contribution in [0.4, 0.5) is 0 Å². The second kappa shape index (κ2) is 6.69. The molecule has 0 saturated carbocycles. The monoisotopic (exact) mass is 334 g/mol. The molecule has 0 spiro atoms. The third-order valence-corrected chi connectivity index (χ3v) is 4.75. The SMILES string of the molecule is Cc1cccc(Cc2[nH]nc3ccc(C(=O)N4CCNCC4)cc23)c1. The number of aromatic amines is 1. The predicted molar refractivity (Wildman–Crippen MR) is 98.9 cm³/mol. The second-order valence-corrected chi connectivity index (χ2v) is 6.64. The van der Waals surface area contributed by atoms with Crippen LogP contribution >= 0.6 is 0 Å². The number of amides is 1. The zero-order valence-corrected chi connectivity index (χ0v) is 14.4. The summed E-state index contributed by atoms with van der Waals surface area (Å²) in [5, 5.41) is 11.8. The van der Waals surface area contributed by atoms with Gasteiger partial charge in [-0.25, -0.2) is 0 Å². The van der Waals surface area contributed by atoms with E-state index in [4.69, 9.17) is 0 Å². The Labute approximate surface area is 147 Å². The predicted octanol–water partition coefficient (Wildman–Crippen LogP) is 2.51. The third-order valence-electron chi connectivity index (χ3n) is 4.75. The van der Waals surface area contributed by atoms with Gasteiger partial charge in [0.15, 0.2) is 0 Å². The summed E-state index contributed by atoms with van der Waals surface area (Å²) < 4.78 is 0. The lowest BCUT2D eigenvalue weighted by Gasteiger charge is -2.27. The summed E-state index contributed by atoms with van der Waals surface area (Å²) in [6.45, 7) is 5.34. The molecule has 0 aliphatic carbocycles. The van der Waals surface area contributed by atoms with Crippen molar-refractivity contribution in [3.63, 3.8) is 0 Å². The van der Waals surface area contributed by atoms with E-state index >= 15 is 0 Å². The van der Waals surface area contributed by atoms with E-state index in [0.29, 0.717) is 0 Å². The van der Waals surface area contributed by atoms with E-state index in [-0.39, 0.29) is 5.91 Å². The van der Waals surface area contributed by atoms with Gasteiger partial charge in [0.25, 0.3) is 5.91 Å². The molecule has 0 unspecified atom stereocenters. The Balaban J connectivity index is 1.64. The molecular weight excluding hydrogens is 312 g/mol. The van der Waals surface area contributed by atoms with E-state index in [1.54, 1.807) is 0 Å². The molecule has 5 nitrogen and oxygen atoms in total. The van der Waals surface area contributed by atoms with E-state index in [1.807, 2.05) is 23.1 Å². The molecule has 5 heteroatoms. The lowest BCUT2D eigenvalue weighted by molar-refractivity contribution is 0.0736. The second-order valence-electron chi connectivity index (χ2n) is 6.64. The Morgan fingerprint density at radius 1 is 1.16 bits per heavy atom. The maximum atomic E-state index is 12.7. The van der Waals surface area contributed by atoms with Crippen LogP contribution in [0.3, 0.4) is 0 Å². The first-order chi connectivity index (χ1) is 12.2. The number of carbonyl (C=O) groups is 1. The largest absolute Gasteiger partial charge is 0.336 e. The van der Waals surface area contributed by atoms with Gasteiger partial charge in [-0.3, -0.25) is 9.89 Å². The van der Waals surface area contributed by atoms with Gasteiger partial charge < -0.3 is 10.2 Å². The molecule has 3 aromatic rings. The van der Waals surface area contributed by atoms with Crippen molar-refractivity contribution in [1.29, 1.82) is 0 Å². The molecule has 0 atom stereocenters. The Kier molecular flexibility index (Phi) is 4.24. The number of aryl methyl sites for hydroxylation is 1. The quantitative estimate of drug-likeness (QED) is 0.774. The molecule has 1 amide bonds. The fraction of sp³-hybridized carbons (Fsp3) is 0.300. The summed E-state index contributed by atoms with van der Waals surface area (Å²) in [6, 6.07) is 14.3. The number of nitrogens with zero attached hydrogens (tertiary/aromatic N) is 2. The number of aromatic nitrogens is 2. The number of hydrogen-bond donors (Lipinski definition) is 2. The number of nitrogens with one attached hydrogen (secondary N) is 2. The number of rotatable bonds is 3. The van der Waals surface area contributed by atoms with E-state index in [1.165, 1.54) is 11.1 Å². The molecule has 2 N–H and O–H groups in total. The highest BCUT2D eigenvalue weighted by atomic mass is 16.2. The maximum Gasteiger partial charge on any atom is 0.253 e. The first-order valence-corrected chi connectivity index (χ1v) is 8.73. The number of H-pyrrole nitrogens is 1. The van der Waals surface area contributed by atoms with Crippen molar-refractivity contribution in [3.8, 4) is 0 Å². The first-order valence-electron chi connectivity index (χ1n) is 8.73.